The van der Waals surface area contributed by atoms with E-state index < -0.39 is 0 Å². The molecule has 0 spiro atoms. The van der Waals surface area contributed by atoms with Crippen LogP contribution in [-0.4, -0.2) is 71.2 Å². The molecule has 2 aromatic heterocycles. The number of nitrogens with one attached hydrogen (secondary N) is 1. The lowest BCUT2D eigenvalue weighted by Crippen LogP contribution is -2.70. The minimum atomic E-state index is -0.112. The fraction of sp³-hybridized carbons (Fsp3) is 0.458. The lowest BCUT2D eigenvalue weighted by molar-refractivity contribution is 0.0181. The third kappa shape index (κ3) is 2.91. The maximum Gasteiger partial charge on any atom is 0.258 e. The summed E-state index contributed by atoms with van der Waals surface area (Å²) < 4.78 is 5.36. The summed E-state index contributed by atoms with van der Waals surface area (Å²) in [4.78, 5) is 23.3. The molecule has 0 radical (unpaired) electrons. The Kier molecular flexibility index (Phi) is 4.20. The Balaban J connectivity index is 1.42. The largest absolute Gasteiger partial charge is 0.348 e. The van der Waals surface area contributed by atoms with Crippen molar-refractivity contribution in [1.82, 2.24) is 25.3 Å². The summed E-state index contributed by atoms with van der Waals surface area (Å²) in [6.07, 6.45) is 0. The first-order chi connectivity index (χ1) is 15.0. The predicted octanol–water partition coefficient (Wildman–Crippen LogP) is 2.14. The monoisotopic (exact) mass is 417 g/mol. The number of aryl methyl sites for hydroxylation is 2. The summed E-state index contributed by atoms with van der Waals surface area (Å²) in [5.74, 6) is 0.342. The SMILES string of the molecule is Cc1cc(C(=O)N[C@H]2C3CN4CCN(C3)CC2(c2ccccc2)C4)c2c(C)noc2n1. The summed E-state index contributed by atoms with van der Waals surface area (Å²) >= 11 is 0. The first-order valence-electron chi connectivity index (χ1n) is 11.1. The fourth-order valence-electron chi connectivity index (χ4n) is 6.18. The Morgan fingerprint density at radius 3 is 2.55 bits per heavy atom. The van der Waals surface area contributed by atoms with Gasteiger partial charge in [0.25, 0.3) is 11.6 Å². The van der Waals surface area contributed by atoms with Gasteiger partial charge < -0.3 is 19.6 Å². The molecule has 31 heavy (non-hydrogen) atoms. The average Bonchev–Trinajstić information content (AvgIpc) is 2.95. The molecule has 4 fully saturated rings. The van der Waals surface area contributed by atoms with Gasteiger partial charge in [-0.1, -0.05) is 35.5 Å². The van der Waals surface area contributed by atoms with Gasteiger partial charge in [-0.25, -0.2) is 4.98 Å². The van der Waals surface area contributed by atoms with Crippen LogP contribution in [0.1, 0.15) is 27.3 Å². The second kappa shape index (κ2) is 6.87. The topological polar surface area (TPSA) is 74.5 Å². The summed E-state index contributed by atoms with van der Waals surface area (Å²) in [7, 11) is 0. The molecule has 4 aliphatic rings. The Labute approximate surface area is 181 Å². The Morgan fingerprint density at radius 1 is 1.13 bits per heavy atom. The van der Waals surface area contributed by atoms with Gasteiger partial charge in [-0.2, -0.15) is 0 Å². The van der Waals surface area contributed by atoms with Crippen LogP contribution in [0.4, 0.5) is 0 Å². The van der Waals surface area contributed by atoms with E-state index in [0.29, 0.717) is 28.3 Å². The van der Waals surface area contributed by atoms with Gasteiger partial charge in [0.1, 0.15) is 0 Å². The molecule has 0 aliphatic carbocycles. The van der Waals surface area contributed by atoms with Crippen molar-refractivity contribution >= 4 is 17.0 Å². The average molecular weight is 418 g/mol. The van der Waals surface area contributed by atoms with Crippen molar-refractivity contribution in [3.63, 3.8) is 0 Å². The maximum atomic E-state index is 13.7. The van der Waals surface area contributed by atoms with E-state index in [9.17, 15) is 4.79 Å². The summed E-state index contributed by atoms with van der Waals surface area (Å²) in [5, 5.41) is 8.25. The molecular formula is C24H27N5O2. The van der Waals surface area contributed by atoms with E-state index >= 15 is 0 Å². The number of fused-ring (bicyclic) bond motifs is 2. The first kappa shape index (κ1) is 19.0. The molecule has 1 N–H and O–H groups in total. The van der Waals surface area contributed by atoms with Crippen LogP contribution in [0.15, 0.2) is 40.9 Å². The molecule has 160 valence electrons. The second-order valence-corrected chi connectivity index (χ2v) is 9.46. The highest BCUT2D eigenvalue weighted by Crippen LogP contribution is 2.43. The minimum absolute atomic E-state index is 0.0572. The number of carbonyl (C=O) groups excluding carboxylic acids is 1. The third-order valence-electron chi connectivity index (χ3n) is 7.42. The molecule has 4 bridgehead atoms. The normalized spacial score (nSPS) is 31.7. The second-order valence-electron chi connectivity index (χ2n) is 9.46. The van der Waals surface area contributed by atoms with E-state index in [4.69, 9.17) is 4.52 Å². The van der Waals surface area contributed by atoms with Crippen LogP contribution in [0.3, 0.4) is 0 Å². The molecule has 3 atom stereocenters. The van der Waals surface area contributed by atoms with Gasteiger partial charge in [-0.15, -0.1) is 0 Å². The van der Waals surface area contributed by atoms with E-state index in [1.165, 1.54) is 5.56 Å². The van der Waals surface area contributed by atoms with Crippen LogP contribution in [-0.2, 0) is 5.41 Å². The molecule has 7 rings (SSSR count). The van der Waals surface area contributed by atoms with E-state index in [1.54, 1.807) is 0 Å². The molecule has 6 heterocycles. The molecule has 4 aliphatic heterocycles. The van der Waals surface area contributed by atoms with Crippen LogP contribution in [0, 0.1) is 19.8 Å². The number of rotatable bonds is 3. The molecular weight excluding hydrogens is 390 g/mol. The highest BCUT2D eigenvalue weighted by molar-refractivity contribution is 6.06. The zero-order valence-corrected chi connectivity index (χ0v) is 18.0. The summed E-state index contributed by atoms with van der Waals surface area (Å²) in [6, 6.07) is 12.7. The highest BCUT2D eigenvalue weighted by Gasteiger charge is 2.55. The predicted molar refractivity (Wildman–Crippen MR) is 117 cm³/mol. The number of hydrogen-bond acceptors (Lipinski definition) is 6. The van der Waals surface area contributed by atoms with Gasteiger partial charge in [0.15, 0.2) is 0 Å². The highest BCUT2D eigenvalue weighted by atomic mass is 16.5. The molecule has 1 aromatic carbocycles. The van der Waals surface area contributed by atoms with Crippen LogP contribution in [0.25, 0.3) is 11.1 Å². The van der Waals surface area contributed by atoms with E-state index in [0.717, 1.165) is 45.0 Å². The third-order valence-corrected chi connectivity index (χ3v) is 7.42. The van der Waals surface area contributed by atoms with Crippen LogP contribution < -0.4 is 5.32 Å². The van der Waals surface area contributed by atoms with Crippen LogP contribution >= 0.6 is 0 Å². The standard InChI is InChI=1S/C24H27N5O2/c1-15-10-19(20-16(2)27-31-23(20)25-15)22(30)26-21-17-11-28-8-9-29(12-17)14-24(21,13-28)18-6-4-3-5-7-18/h3-7,10,17,21H,8-9,11-14H2,1-2H3,(H,26,30)/t17?,21-,24?/m0/s1. The summed E-state index contributed by atoms with van der Waals surface area (Å²) in [6.45, 7) is 9.98. The van der Waals surface area contributed by atoms with Gasteiger partial charge >= 0.3 is 0 Å². The van der Waals surface area contributed by atoms with Crippen LogP contribution in [0.2, 0.25) is 0 Å². The number of carbonyl (C=O) groups is 1. The number of amides is 1. The number of benzene rings is 1. The zero-order chi connectivity index (χ0) is 21.2. The van der Waals surface area contributed by atoms with Gasteiger partial charge in [-0.05, 0) is 25.5 Å². The van der Waals surface area contributed by atoms with Gasteiger partial charge in [-0.3, -0.25) is 4.79 Å². The number of pyridine rings is 1. The van der Waals surface area contributed by atoms with Crippen molar-refractivity contribution in [2.75, 3.05) is 39.3 Å². The lowest BCUT2D eigenvalue weighted by atomic mass is 9.64. The molecule has 4 saturated heterocycles. The number of piperidine rings is 2. The van der Waals surface area contributed by atoms with E-state index in [1.807, 2.05) is 19.9 Å². The quantitative estimate of drug-likeness (QED) is 0.704. The maximum absolute atomic E-state index is 13.7. The van der Waals surface area contributed by atoms with E-state index in [2.05, 4.69) is 55.6 Å². The van der Waals surface area contributed by atoms with Gasteiger partial charge in [0.05, 0.1) is 16.6 Å². The molecule has 0 saturated carbocycles. The molecule has 3 aromatic rings. The molecule has 2 unspecified atom stereocenters. The molecule has 1 amide bonds. The van der Waals surface area contributed by atoms with E-state index in [-0.39, 0.29) is 17.4 Å². The van der Waals surface area contributed by atoms with Gasteiger partial charge in [0.2, 0.25) is 0 Å². The summed E-state index contributed by atoms with van der Waals surface area (Å²) in [5.41, 5.74) is 3.70. The smallest absolute Gasteiger partial charge is 0.258 e. The number of nitrogens with zero attached hydrogens (tertiary/aromatic N) is 4. The lowest BCUT2D eigenvalue weighted by Gasteiger charge is -2.55. The van der Waals surface area contributed by atoms with Crippen molar-refractivity contribution < 1.29 is 9.32 Å². The number of aromatic nitrogens is 2. The van der Waals surface area contributed by atoms with Gasteiger partial charge in [0, 0.05) is 62.3 Å². The van der Waals surface area contributed by atoms with Crippen molar-refractivity contribution in [1.29, 1.82) is 0 Å². The van der Waals surface area contributed by atoms with Crippen molar-refractivity contribution in [3.05, 3.63) is 58.9 Å². The fourth-order valence-corrected chi connectivity index (χ4v) is 6.18. The Bertz CT molecular complexity index is 1140. The first-order valence-corrected chi connectivity index (χ1v) is 11.1. The minimum Gasteiger partial charge on any atom is -0.348 e. The molecule has 7 nitrogen and oxygen atoms in total. The zero-order valence-electron chi connectivity index (χ0n) is 18.0. The Hall–Kier alpha value is -2.77. The molecule has 7 heteroatoms. The Morgan fingerprint density at radius 2 is 1.84 bits per heavy atom. The van der Waals surface area contributed by atoms with Crippen molar-refractivity contribution in [2.24, 2.45) is 5.92 Å². The number of hydrogen-bond donors (Lipinski definition) is 1. The van der Waals surface area contributed by atoms with Crippen molar-refractivity contribution in [2.45, 2.75) is 25.3 Å². The van der Waals surface area contributed by atoms with Crippen LogP contribution in [0.5, 0.6) is 0 Å². The van der Waals surface area contributed by atoms with Crippen molar-refractivity contribution in [3.8, 4) is 0 Å².